The molecule has 0 aromatic heterocycles. The first-order valence-electron chi connectivity index (χ1n) is 6.61. The Labute approximate surface area is 119 Å². The van der Waals surface area contributed by atoms with Crippen LogP contribution in [0.1, 0.15) is 40.0 Å². The van der Waals surface area contributed by atoms with E-state index in [-0.39, 0.29) is 11.9 Å². The highest BCUT2D eigenvalue weighted by Crippen LogP contribution is 2.17. The van der Waals surface area contributed by atoms with E-state index < -0.39 is 11.5 Å². The summed E-state index contributed by atoms with van der Waals surface area (Å²) in [6, 6.07) is 0.142. The van der Waals surface area contributed by atoms with Crippen LogP contribution in [0.2, 0.25) is 0 Å². The zero-order valence-corrected chi connectivity index (χ0v) is 13.1. The van der Waals surface area contributed by atoms with Crippen molar-refractivity contribution >= 4 is 23.6 Å². The quantitative estimate of drug-likeness (QED) is 0.531. The molecule has 1 atom stereocenters. The summed E-state index contributed by atoms with van der Waals surface area (Å²) in [5.74, 6) is 0.572. The van der Waals surface area contributed by atoms with Crippen LogP contribution in [-0.2, 0) is 9.59 Å². The summed E-state index contributed by atoms with van der Waals surface area (Å²) in [5, 5.41) is 14.9. The van der Waals surface area contributed by atoms with Crippen molar-refractivity contribution in [3.05, 3.63) is 0 Å². The van der Waals surface area contributed by atoms with Crippen molar-refractivity contribution in [1.82, 2.24) is 10.6 Å². The molecule has 0 bridgehead atoms. The van der Waals surface area contributed by atoms with Crippen LogP contribution in [-0.4, -0.2) is 47.1 Å². The molecule has 0 aliphatic rings. The van der Waals surface area contributed by atoms with Crippen molar-refractivity contribution in [2.24, 2.45) is 0 Å². The summed E-state index contributed by atoms with van der Waals surface area (Å²) in [6.07, 6.45) is 2.36. The maximum atomic E-state index is 11.3. The average molecular weight is 290 g/mol. The molecule has 0 rings (SSSR count). The van der Waals surface area contributed by atoms with E-state index in [0.717, 1.165) is 18.6 Å². The van der Waals surface area contributed by atoms with Crippen molar-refractivity contribution in [3.8, 4) is 0 Å². The molecule has 19 heavy (non-hydrogen) atoms. The Morgan fingerprint density at radius 3 is 2.42 bits per heavy atom. The largest absolute Gasteiger partial charge is 0.480 e. The number of carboxylic acids is 1. The number of hydrogen-bond acceptors (Lipinski definition) is 4. The number of amides is 1. The van der Waals surface area contributed by atoms with Crippen molar-refractivity contribution in [2.45, 2.75) is 51.6 Å². The van der Waals surface area contributed by atoms with E-state index in [1.54, 1.807) is 25.7 Å². The van der Waals surface area contributed by atoms with Gasteiger partial charge in [-0.1, -0.05) is 6.42 Å². The van der Waals surface area contributed by atoms with Gasteiger partial charge in [0.1, 0.15) is 5.54 Å². The van der Waals surface area contributed by atoms with E-state index in [9.17, 15) is 14.7 Å². The number of rotatable bonds is 10. The van der Waals surface area contributed by atoms with Crippen LogP contribution in [0.5, 0.6) is 0 Å². The summed E-state index contributed by atoms with van der Waals surface area (Å²) in [6.45, 7) is 5.62. The first kappa shape index (κ1) is 18.2. The fourth-order valence-corrected chi connectivity index (χ4v) is 2.68. The minimum atomic E-state index is -0.861. The van der Waals surface area contributed by atoms with Gasteiger partial charge < -0.3 is 10.4 Å². The van der Waals surface area contributed by atoms with Gasteiger partial charge in [0.05, 0.1) is 5.75 Å². The predicted octanol–water partition coefficient (Wildman–Crippen LogP) is 1.48. The van der Waals surface area contributed by atoms with Crippen LogP contribution in [0.25, 0.3) is 0 Å². The summed E-state index contributed by atoms with van der Waals surface area (Å²) < 4.78 is 0. The van der Waals surface area contributed by atoms with Crippen molar-refractivity contribution in [2.75, 3.05) is 18.6 Å². The van der Waals surface area contributed by atoms with Gasteiger partial charge in [-0.2, -0.15) is 11.8 Å². The number of nitrogens with one attached hydrogen (secondary N) is 2. The molecule has 0 heterocycles. The Bertz CT molecular complexity index is 298. The first-order chi connectivity index (χ1) is 8.81. The third-order valence-corrected chi connectivity index (χ3v) is 3.85. The van der Waals surface area contributed by atoms with Gasteiger partial charge in [-0.05, 0) is 39.4 Å². The lowest BCUT2D eigenvalue weighted by Gasteiger charge is -2.28. The molecule has 1 unspecified atom stereocenters. The number of thioether (sulfide) groups is 1. The lowest BCUT2D eigenvalue weighted by molar-refractivity contribution is -0.144. The van der Waals surface area contributed by atoms with Crippen LogP contribution >= 0.6 is 11.8 Å². The van der Waals surface area contributed by atoms with E-state index in [1.165, 1.54) is 0 Å². The summed E-state index contributed by atoms with van der Waals surface area (Å²) in [4.78, 5) is 22.3. The maximum absolute atomic E-state index is 11.3. The third kappa shape index (κ3) is 8.10. The number of hydrogen-bond donors (Lipinski definition) is 3. The van der Waals surface area contributed by atoms with E-state index in [0.29, 0.717) is 12.2 Å². The molecule has 112 valence electrons. The Hall–Kier alpha value is -0.750. The molecule has 0 saturated carbocycles. The average Bonchev–Trinajstić information content (AvgIpc) is 2.32. The molecule has 0 aromatic carbocycles. The minimum Gasteiger partial charge on any atom is -0.480 e. The van der Waals surface area contributed by atoms with Crippen LogP contribution in [0.4, 0.5) is 0 Å². The molecular weight excluding hydrogens is 264 g/mol. The van der Waals surface area contributed by atoms with Crippen molar-refractivity contribution < 1.29 is 14.7 Å². The molecule has 0 aromatic rings. The van der Waals surface area contributed by atoms with Crippen LogP contribution < -0.4 is 10.6 Å². The monoisotopic (exact) mass is 290 g/mol. The normalized spacial score (nSPS) is 14.2. The van der Waals surface area contributed by atoms with Gasteiger partial charge in [-0.25, -0.2) is 0 Å². The summed E-state index contributed by atoms with van der Waals surface area (Å²) in [7, 11) is 1.62. The minimum absolute atomic E-state index is 0.0295. The molecule has 0 spiro atoms. The summed E-state index contributed by atoms with van der Waals surface area (Å²) in [5.41, 5.74) is -0.861. The molecule has 1 amide bonds. The zero-order chi connectivity index (χ0) is 14.9. The van der Waals surface area contributed by atoms with Crippen molar-refractivity contribution in [3.63, 3.8) is 0 Å². The second kappa shape index (κ2) is 9.20. The lowest BCUT2D eigenvalue weighted by atomic mass is 9.94. The number of unbranched alkanes of at least 4 members (excludes halogenated alkanes) is 1. The second-order valence-electron chi connectivity index (χ2n) is 5.12. The first-order valence-corrected chi connectivity index (χ1v) is 7.76. The Morgan fingerprint density at radius 1 is 1.32 bits per heavy atom. The van der Waals surface area contributed by atoms with Gasteiger partial charge in [0.25, 0.3) is 0 Å². The highest BCUT2D eigenvalue weighted by atomic mass is 32.2. The number of carbonyl (C=O) groups is 2. The molecule has 3 N–H and O–H groups in total. The van der Waals surface area contributed by atoms with E-state index in [1.807, 2.05) is 13.8 Å². The molecule has 5 nitrogen and oxygen atoms in total. The molecule has 0 fully saturated rings. The Morgan fingerprint density at radius 2 is 1.95 bits per heavy atom. The van der Waals surface area contributed by atoms with Gasteiger partial charge in [-0.15, -0.1) is 0 Å². The molecule has 6 heteroatoms. The predicted molar refractivity (Wildman–Crippen MR) is 79.6 cm³/mol. The van der Waals surface area contributed by atoms with Gasteiger partial charge in [0.2, 0.25) is 5.91 Å². The fraction of sp³-hybridized carbons (Fsp3) is 0.846. The van der Waals surface area contributed by atoms with Crippen LogP contribution in [0.3, 0.4) is 0 Å². The SMILES string of the molecule is CNC(=O)CSCCCCC(C)(NC(C)C)C(=O)O. The highest BCUT2D eigenvalue weighted by molar-refractivity contribution is 7.99. The van der Waals surface area contributed by atoms with Gasteiger partial charge in [-0.3, -0.25) is 14.9 Å². The number of carboxylic acid groups (broad SMARTS) is 1. The van der Waals surface area contributed by atoms with Crippen LogP contribution in [0, 0.1) is 0 Å². The lowest BCUT2D eigenvalue weighted by Crippen LogP contribution is -2.52. The third-order valence-electron chi connectivity index (χ3n) is 2.81. The molecule has 0 radical (unpaired) electrons. The smallest absolute Gasteiger partial charge is 0.323 e. The Kier molecular flexibility index (Phi) is 8.84. The standard InChI is InChI=1S/C13H26N2O3S/c1-10(2)15-13(3,12(17)18)7-5-6-8-19-9-11(16)14-4/h10,15H,5-9H2,1-4H3,(H,14,16)(H,17,18). The summed E-state index contributed by atoms with van der Waals surface area (Å²) >= 11 is 1.58. The second-order valence-corrected chi connectivity index (χ2v) is 6.22. The molecule has 0 saturated heterocycles. The van der Waals surface area contributed by atoms with Crippen molar-refractivity contribution in [1.29, 1.82) is 0 Å². The Balaban J connectivity index is 3.89. The van der Waals surface area contributed by atoms with Gasteiger partial charge >= 0.3 is 5.97 Å². The van der Waals surface area contributed by atoms with E-state index in [4.69, 9.17) is 0 Å². The topological polar surface area (TPSA) is 78.4 Å². The fourth-order valence-electron chi connectivity index (χ4n) is 1.80. The van der Waals surface area contributed by atoms with Gasteiger partial charge in [0, 0.05) is 13.1 Å². The van der Waals surface area contributed by atoms with E-state index >= 15 is 0 Å². The molecule has 0 aliphatic heterocycles. The highest BCUT2D eigenvalue weighted by Gasteiger charge is 2.32. The number of aliphatic carboxylic acids is 1. The number of carbonyl (C=O) groups excluding carboxylic acids is 1. The molecule has 0 aliphatic carbocycles. The van der Waals surface area contributed by atoms with E-state index in [2.05, 4.69) is 10.6 Å². The van der Waals surface area contributed by atoms with Crippen LogP contribution in [0.15, 0.2) is 0 Å². The maximum Gasteiger partial charge on any atom is 0.323 e. The molecular formula is C13H26N2O3S. The zero-order valence-electron chi connectivity index (χ0n) is 12.3. The van der Waals surface area contributed by atoms with Gasteiger partial charge in [0.15, 0.2) is 0 Å².